The summed E-state index contributed by atoms with van der Waals surface area (Å²) in [5.41, 5.74) is 1.57. The van der Waals surface area contributed by atoms with Crippen molar-refractivity contribution in [1.29, 1.82) is 0 Å². The Hall–Kier alpha value is -2.97. The molecule has 3 aromatic carbocycles. The summed E-state index contributed by atoms with van der Waals surface area (Å²) in [6.45, 7) is 0. The number of thiazole rings is 1. The fourth-order valence-corrected chi connectivity index (χ4v) is 4.33. The van der Waals surface area contributed by atoms with Gasteiger partial charge in [-0.2, -0.15) is 0 Å². The molecule has 8 heteroatoms. The molecule has 4 rings (SSSR count). The summed E-state index contributed by atoms with van der Waals surface area (Å²) in [5, 5.41) is 28.6. The normalized spacial score (nSPS) is 11.4. The van der Waals surface area contributed by atoms with Gasteiger partial charge in [0.15, 0.2) is 10.8 Å². The summed E-state index contributed by atoms with van der Waals surface area (Å²) in [6, 6.07) is 29.9. The van der Waals surface area contributed by atoms with Crippen molar-refractivity contribution >= 4 is 28.1 Å². The van der Waals surface area contributed by atoms with Crippen LogP contribution in [0.4, 0.5) is 5.13 Å². The molecule has 6 nitrogen and oxygen atoms in total. The summed E-state index contributed by atoms with van der Waals surface area (Å²) < 4.78 is 0. The molecule has 1 aromatic heterocycles. The number of rotatable bonds is 7. The third-order valence-electron chi connectivity index (χ3n) is 4.95. The first kappa shape index (κ1) is 23.7. The Labute approximate surface area is 211 Å². The predicted octanol–water partition coefficient (Wildman–Crippen LogP) is 0.479. The molecule has 0 aliphatic carbocycles. The van der Waals surface area contributed by atoms with Crippen LogP contribution in [0.15, 0.2) is 102 Å². The van der Waals surface area contributed by atoms with Gasteiger partial charge in [-0.1, -0.05) is 96.2 Å². The number of carboxylic acid groups (broad SMARTS) is 1. The average molecular weight is 451 g/mol. The number of nitrogens with one attached hydrogen (secondary N) is 1. The average Bonchev–Trinajstić information content (AvgIpc) is 3.27. The van der Waals surface area contributed by atoms with Gasteiger partial charge in [-0.3, -0.25) is 0 Å². The number of oxime groups is 1. The molecule has 0 bridgehead atoms. The van der Waals surface area contributed by atoms with E-state index in [2.05, 4.69) is 15.5 Å². The van der Waals surface area contributed by atoms with Crippen molar-refractivity contribution in [3.63, 3.8) is 0 Å². The molecule has 0 spiro atoms. The van der Waals surface area contributed by atoms with Crippen LogP contribution in [-0.2, 0) is 10.3 Å². The number of carbonyl (C=O) groups is 1. The second kappa shape index (κ2) is 10.6. The molecule has 0 aliphatic heterocycles. The number of aromatic nitrogens is 1. The molecule has 4 aromatic rings. The van der Waals surface area contributed by atoms with Crippen LogP contribution in [-0.4, -0.2) is 21.9 Å². The Morgan fingerprint density at radius 1 is 0.875 bits per heavy atom. The zero-order valence-corrected chi connectivity index (χ0v) is 20.1. The first-order chi connectivity index (χ1) is 15.1. The zero-order chi connectivity index (χ0) is 21.7. The molecule has 0 aliphatic rings. The molecule has 0 amide bonds. The number of carbonyl (C=O) groups excluding carboxylic acids is 1. The Morgan fingerprint density at radius 2 is 1.31 bits per heavy atom. The number of aliphatic carboxylic acids is 1. The van der Waals surface area contributed by atoms with E-state index in [9.17, 15) is 9.90 Å². The molecule has 0 saturated carbocycles. The van der Waals surface area contributed by atoms with E-state index in [1.54, 1.807) is 0 Å². The molecule has 0 radical (unpaired) electrons. The van der Waals surface area contributed by atoms with Crippen molar-refractivity contribution in [3.8, 4) is 0 Å². The fourth-order valence-electron chi connectivity index (χ4n) is 3.58. The van der Waals surface area contributed by atoms with Gasteiger partial charge in [0.25, 0.3) is 0 Å². The smallest absolute Gasteiger partial charge is 0.543 e. The largest absolute Gasteiger partial charge is 1.00 e. The minimum absolute atomic E-state index is 0. The summed E-state index contributed by atoms with van der Waals surface area (Å²) in [6.07, 6.45) is 0. The molecule has 0 atom stereocenters. The summed E-state index contributed by atoms with van der Waals surface area (Å²) in [4.78, 5) is 15.6. The molecule has 0 saturated heterocycles. The van der Waals surface area contributed by atoms with Crippen LogP contribution < -0.4 is 40.0 Å². The summed E-state index contributed by atoms with van der Waals surface area (Å²) in [7, 11) is 0. The van der Waals surface area contributed by atoms with E-state index in [0.29, 0.717) is 5.13 Å². The van der Waals surface area contributed by atoms with E-state index in [-0.39, 0.29) is 35.3 Å². The number of benzene rings is 3. The number of hydrogen-bond donors (Lipinski definition) is 2. The van der Waals surface area contributed by atoms with E-state index in [1.807, 2.05) is 91.0 Å². The predicted molar refractivity (Wildman–Crippen MR) is 118 cm³/mol. The van der Waals surface area contributed by atoms with E-state index < -0.39 is 17.2 Å². The minimum atomic E-state index is -1.60. The van der Waals surface area contributed by atoms with Crippen molar-refractivity contribution in [3.05, 3.63) is 119 Å². The first-order valence-corrected chi connectivity index (χ1v) is 10.4. The van der Waals surface area contributed by atoms with Gasteiger partial charge in [0, 0.05) is 5.38 Å². The minimum Gasteiger partial charge on any atom is -0.543 e. The van der Waals surface area contributed by atoms with Gasteiger partial charge >= 0.3 is 29.6 Å². The van der Waals surface area contributed by atoms with Gasteiger partial charge in [0.1, 0.15) is 11.2 Å². The Morgan fingerprint density at radius 3 is 1.69 bits per heavy atom. The standard InChI is InChI=1S/C24H19N3O3S.Na/c28-22(29)21(27-30)20-16-31-23(25-20)26-24(17-10-4-1-5-11-17,18-12-6-2-7-13-18)19-14-8-3-9-15-19;/h1-16,30H,(H,25,26)(H,28,29);/q;+1/p-1. The first-order valence-electron chi connectivity index (χ1n) is 9.49. The number of nitrogens with zero attached hydrogens (tertiary/aromatic N) is 2. The van der Waals surface area contributed by atoms with E-state index in [1.165, 1.54) is 16.7 Å². The van der Waals surface area contributed by atoms with Crippen LogP contribution in [0.2, 0.25) is 0 Å². The third-order valence-corrected chi connectivity index (χ3v) is 5.71. The molecular formula is C24H18N3NaO3S. The van der Waals surface area contributed by atoms with Crippen LogP contribution >= 0.6 is 11.3 Å². The maximum atomic E-state index is 11.2. The fraction of sp³-hybridized carbons (Fsp3) is 0.0417. The van der Waals surface area contributed by atoms with Crippen molar-refractivity contribution in [2.75, 3.05) is 5.32 Å². The van der Waals surface area contributed by atoms with Crippen LogP contribution in [0.25, 0.3) is 0 Å². The van der Waals surface area contributed by atoms with Crippen molar-refractivity contribution in [1.82, 2.24) is 4.98 Å². The van der Waals surface area contributed by atoms with Crippen molar-refractivity contribution in [2.24, 2.45) is 5.16 Å². The molecule has 0 fully saturated rings. The second-order valence-corrected chi connectivity index (χ2v) is 7.61. The monoisotopic (exact) mass is 451 g/mol. The SMILES string of the molecule is O=C([O-])C(=NO)c1csc(NC(c2ccccc2)(c2ccccc2)c2ccccc2)n1.[Na+]. The number of carboxylic acids is 1. The van der Waals surface area contributed by atoms with Crippen LogP contribution in [0.1, 0.15) is 22.4 Å². The molecule has 1 heterocycles. The quantitative estimate of drug-likeness (QED) is 0.140. The van der Waals surface area contributed by atoms with E-state index in [0.717, 1.165) is 16.7 Å². The van der Waals surface area contributed by atoms with Gasteiger partial charge in [-0.15, -0.1) is 11.3 Å². The Kier molecular flexibility index (Phi) is 7.82. The Bertz CT molecular complexity index is 1100. The summed E-state index contributed by atoms with van der Waals surface area (Å²) >= 11 is 1.22. The molecule has 2 N–H and O–H groups in total. The van der Waals surface area contributed by atoms with Gasteiger partial charge in [-0.25, -0.2) is 4.98 Å². The van der Waals surface area contributed by atoms with Crippen molar-refractivity contribution < 1.29 is 44.7 Å². The molecular weight excluding hydrogens is 433 g/mol. The van der Waals surface area contributed by atoms with Gasteiger partial charge in [0.2, 0.25) is 0 Å². The molecule has 32 heavy (non-hydrogen) atoms. The van der Waals surface area contributed by atoms with Gasteiger partial charge < -0.3 is 20.4 Å². The molecule has 0 unspecified atom stereocenters. The molecule has 154 valence electrons. The maximum Gasteiger partial charge on any atom is 1.00 e. The van der Waals surface area contributed by atoms with E-state index >= 15 is 0 Å². The van der Waals surface area contributed by atoms with Crippen molar-refractivity contribution in [2.45, 2.75) is 5.54 Å². The van der Waals surface area contributed by atoms with Crippen LogP contribution in [0, 0.1) is 0 Å². The summed E-state index contributed by atoms with van der Waals surface area (Å²) in [5.74, 6) is -1.60. The topological polar surface area (TPSA) is 97.6 Å². The van der Waals surface area contributed by atoms with E-state index in [4.69, 9.17) is 5.21 Å². The number of anilines is 1. The number of hydrogen-bond acceptors (Lipinski definition) is 7. The van der Waals surface area contributed by atoms with Crippen LogP contribution in [0.5, 0.6) is 0 Å². The Balaban J connectivity index is 0.00000289. The maximum absolute atomic E-state index is 11.2. The third kappa shape index (κ3) is 4.61. The zero-order valence-electron chi connectivity index (χ0n) is 17.3. The van der Waals surface area contributed by atoms with Gasteiger partial charge in [-0.05, 0) is 16.7 Å². The van der Waals surface area contributed by atoms with Crippen LogP contribution in [0.3, 0.4) is 0 Å². The second-order valence-electron chi connectivity index (χ2n) is 6.75. The van der Waals surface area contributed by atoms with Gasteiger partial charge in [0.05, 0.1) is 5.97 Å².